The van der Waals surface area contributed by atoms with Crippen LogP contribution in [0.3, 0.4) is 0 Å². The van der Waals surface area contributed by atoms with Crippen LogP contribution in [0.15, 0.2) is 12.2 Å². The highest BCUT2D eigenvalue weighted by Crippen LogP contribution is 2.66. The highest BCUT2D eigenvalue weighted by molar-refractivity contribution is 7.86. The summed E-state index contributed by atoms with van der Waals surface area (Å²) in [7, 11) is -5.72. The van der Waals surface area contributed by atoms with Crippen molar-refractivity contribution in [2.75, 3.05) is 6.61 Å². The zero-order valence-electron chi connectivity index (χ0n) is 15.7. The molecule has 4 saturated carbocycles. The maximum Gasteiger partial charge on any atom is 0.402 e. The number of hydrogen-bond acceptors (Lipinski definition) is 6. The molecule has 28 heavy (non-hydrogen) atoms. The summed E-state index contributed by atoms with van der Waals surface area (Å²) >= 11 is 0. The van der Waals surface area contributed by atoms with Crippen molar-refractivity contribution in [3.63, 3.8) is 0 Å². The smallest absolute Gasteiger partial charge is 0.402 e. The van der Waals surface area contributed by atoms with Crippen molar-refractivity contribution in [2.45, 2.75) is 56.8 Å². The van der Waals surface area contributed by atoms with E-state index in [4.69, 9.17) is 14.0 Å². The normalized spacial score (nSPS) is 36.8. The molecule has 4 fully saturated rings. The van der Waals surface area contributed by atoms with Gasteiger partial charge in [-0.05, 0) is 57.8 Å². The predicted molar refractivity (Wildman–Crippen MR) is 92.8 cm³/mol. The van der Waals surface area contributed by atoms with E-state index in [1.165, 1.54) is 6.92 Å². The van der Waals surface area contributed by atoms with E-state index in [0.29, 0.717) is 12.8 Å². The molecule has 10 heteroatoms. The number of alkyl halides is 2. The van der Waals surface area contributed by atoms with E-state index in [-0.39, 0.29) is 23.3 Å². The lowest BCUT2D eigenvalue weighted by atomic mass is 9.43. The monoisotopic (exact) mass is 422 g/mol. The summed E-state index contributed by atoms with van der Waals surface area (Å²) in [5.41, 5.74) is -2.44. The standard InChI is InChI=1S/C18H24F2O7S/c1-10(2)14(21)27-16(3)13-5-11-4-12(6-13)8-17(16,7-11)15(22)26-9-18(19,20)28(23,24)25/h11-13H,1,4-9H2,2-3H3,(H,23,24,25). The second-order valence-electron chi connectivity index (χ2n) is 8.59. The molecule has 158 valence electrons. The van der Waals surface area contributed by atoms with Gasteiger partial charge in [0.25, 0.3) is 0 Å². The molecule has 7 nitrogen and oxygen atoms in total. The topological polar surface area (TPSA) is 107 Å². The molecule has 0 radical (unpaired) electrons. The van der Waals surface area contributed by atoms with Crippen LogP contribution in [-0.2, 0) is 29.2 Å². The summed E-state index contributed by atoms with van der Waals surface area (Å²) in [5, 5.41) is -4.62. The molecule has 3 unspecified atom stereocenters. The van der Waals surface area contributed by atoms with Gasteiger partial charge in [0.05, 0.1) is 0 Å². The van der Waals surface area contributed by atoms with Gasteiger partial charge in [-0.2, -0.15) is 17.2 Å². The largest absolute Gasteiger partial charge is 0.457 e. The highest BCUT2D eigenvalue weighted by Gasteiger charge is 2.70. The van der Waals surface area contributed by atoms with Crippen molar-refractivity contribution < 1.29 is 40.8 Å². The van der Waals surface area contributed by atoms with Crippen LogP contribution in [0, 0.1) is 23.2 Å². The van der Waals surface area contributed by atoms with Gasteiger partial charge in [-0.15, -0.1) is 0 Å². The van der Waals surface area contributed by atoms with Crippen molar-refractivity contribution >= 4 is 22.1 Å². The van der Waals surface area contributed by atoms with Gasteiger partial charge in [-0.25, -0.2) is 4.79 Å². The molecule has 0 aromatic rings. The minimum Gasteiger partial charge on any atom is -0.457 e. The second kappa shape index (κ2) is 6.48. The average Bonchev–Trinajstić information content (AvgIpc) is 2.55. The van der Waals surface area contributed by atoms with E-state index >= 15 is 0 Å². The zero-order valence-corrected chi connectivity index (χ0v) is 16.6. The Morgan fingerprint density at radius 1 is 1.21 bits per heavy atom. The first kappa shape index (κ1) is 21.2. The number of ether oxygens (including phenoxy) is 2. The third-order valence-electron chi connectivity index (χ3n) is 6.70. The Hall–Kier alpha value is -1.55. The Bertz CT molecular complexity index is 808. The number of esters is 2. The summed E-state index contributed by atoms with van der Waals surface area (Å²) in [6, 6.07) is 0. The molecule has 0 aromatic carbocycles. The van der Waals surface area contributed by atoms with E-state index in [0.717, 1.165) is 19.3 Å². The van der Waals surface area contributed by atoms with Crippen LogP contribution in [0.25, 0.3) is 0 Å². The molecule has 0 amide bonds. The van der Waals surface area contributed by atoms with E-state index in [9.17, 15) is 26.8 Å². The fraction of sp³-hybridized carbons (Fsp3) is 0.778. The van der Waals surface area contributed by atoms with Crippen LogP contribution < -0.4 is 0 Å². The lowest BCUT2D eigenvalue weighted by Gasteiger charge is -2.63. The molecule has 0 spiro atoms. The van der Waals surface area contributed by atoms with Crippen LogP contribution in [0.2, 0.25) is 0 Å². The fourth-order valence-corrected chi connectivity index (χ4v) is 5.61. The summed E-state index contributed by atoms with van der Waals surface area (Å²) in [6.45, 7) is 4.85. The predicted octanol–water partition coefficient (Wildman–Crippen LogP) is 2.71. The van der Waals surface area contributed by atoms with Gasteiger partial charge < -0.3 is 9.47 Å². The molecular weight excluding hydrogens is 398 g/mol. The molecule has 1 N–H and O–H groups in total. The lowest BCUT2D eigenvalue weighted by Crippen LogP contribution is -2.68. The SMILES string of the molecule is C=C(C)C(=O)OC1(C)C2CC3CC(C2)CC1(C(=O)OCC(F)(F)S(=O)(=O)O)C3. The maximum absolute atomic E-state index is 13.6. The first-order chi connectivity index (χ1) is 12.7. The molecule has 4 aliphatic carbocycles. The third-order valence-corrected chi connectivity index (χ3v) is 7.57. The van der Waals surface area contributed by atoms with Gasteiger partial charge in [0.2, 0.25) is 0 Å². The van der Waals surface area contributed by atoms with Crippen LogP contribution in [0.5, 0.6) is 0 Å². The van der Waals surface area contributed by atoms with E-state index < -0.39 is 44.9 Å². The average molecular weight is 422 g/mol. The Morgan fingerprint density at radius 2 is 1.75 bits per heavy atom. The van der Waals surface area contributed by atoms with Crippen LogP contribution >= 0.6 is 0 Å². The molecule has 0 aliphatic heterocycles. The van der Waals surface area contributed by atoms with Crippen molar-refractivity contribution in [3.05, 3.63) is 12.2 Å². The number of halogens is 2. The molecule has 4 bridgehead atoms. The van der Waals surface area contributed by atoms with E-state index in [1.807, 2.05) is 0 Å². The zero-order chi connectivity index (χ0) is 21.1. The fourth-order valence-electron chi connectivity index (χ4n) is 5.41. The van der Waals surface area contributed by atoms with Gasteiger partial charge in [0.15, 0.2) is 6.61 Å². The van der Waals surface area contributed by atoms with Gasteiger partial charge in [-0.1, -0.05) is 6.58 Å². The second-order valence-corrected chi connectivity index (χ2v) is 10.1. The third kappa shape index (κ3) is 3.14. The Morgan fingerprint density at radius 3 is 2.21 bits per heavy atom. The summed E-state index contributed by atoms with van der Waals surface area (Å²) in [4.78, 5) is 25.2. The van der Waals surface area contributed by atoms with Gasteiger partial charge in [-0.3, -0.25) is 9.35 Å². The first-order valence-corrected chi connectivity index (χ1v) is 10.6. The van der Waals surface area contributed by atoms with E-state index in [1.54, 1.807) is 6.92 Å². The van der Waals surface area contributed by atoms with Gasteiger partial charge in [0.1, 0.15) is 11.0 Å². The van der Waals surface area contributed by atoms with Crippen LogP contribution in [0.4, 0.5) is 8.78 Å². The van der Waals surface area contributed by atoms with Gasteiger partial charge in [0, 0.05) is 11.5 Å². The van der Waals surface area contributed by atoms with Crippen molar-refractivity contribution in [3.8, 4) is 0 Å². The van der Waals surface area contributed by atoms with E-state index in [2.05, 4.69) is 6.58 Å². The minimum absolute atomic E-state index is 0.128. The van der Waals surface area contributed by atoms with Gasteiger partial charge >= 0.3 is 27.3 Å². The molecule has 0 saturated heterocycles. The highest BCUT2D eigenvalue weighted by atomic mass is 32.2. The summed E-state index contributed by atoms with van der Waals surface area (Å²) in [6.07, 6.45) is 3.06. The maximum atomic E-state index is 13.6. The quantitative estimate of drug-likeness (QED) is 0.398. The Kier molecular flexibility index (Phi) is 4.90. The van der Waals surface area contributed by atoms with Crippen LogP contribution in [-0.4, -0.2) is 42.4 Å². The van der Waals surface area contributed by atoms with Crippen molar-refractivity contribution in [1.82, 2.24) is 0 Å². The number of carbonyl (C=O) groups is 2. The molecular formula is C18H24F2O7S. The number of hydrogen-bond donors (Lipinski definition) is 1. The van der Waals surface area contributed by atoms with Crippen molar-refractivity contribution in [1.29, 1.82) is 0 Å². The van der Waals surface area contributed by atoms with Crippen molar-refractivity contribution in [2.24, 2.45) is 23.2 Å². The lowest BCUT2D eigenvalue weighted by molar-refractivity contribution is -0.245. The minimum atomic E-state index is -5.72. The summed E-state index contributed by atoms with van der Waals surface area (Å²) < 4.78 is 67.8. The molecule has 3 atom stereocenters. The number of carbonyl (C=O) groups excluding carboxylic acids is 2. The molecule has 4 aliphatic rings. The number of rotatable bonds is 6. The first-order valence-electron chi connectivity index (χ1n) is 9.13. The van der Waals surface area contributed by atoms with Crippen LogP contribution in [0.1, 0.15) is 46.0 Å². The Labute approximate surface area is 162 Å². The summed E-state index contributed by atoms with van der Waals surface area (Å²) in [5.74, 6) is -1.46. The Balaban J connectivity index is 1.91. The molecule has 0 aromatic heterocycles. The molecule has 0 heterocycles. The molecule has 4 rings (SSSR count).